The summed E-state index contributed by atoms with van der Waals surface area (Å²) in [6.07, 6.45) is 0.0234. The van der Waals surface area contributed by atoms with E-state index in [1.54, 1.807) is 13.8 Å². The van der Waals surface area contributed by atoms with Crippen molar-refractivity contribution in [2.24, 2.45) is 5.41 Å². The van der Waals surface area contributed by atoms with Gasteiger partial charge < -0.3 is 20.1 Å². The van der Waals surface area contributed by atoms with E-state index in [-0.39, 0.29) is 25.0 Å². The summed E-state index contributed by atoms with van der Waals surface area (Å²) in [7, 11) is 0. The first-order chi connectivity index (χ1) is 10.2. The Morgan fingerprint density at radius 3 is 2.64 bits per heavy atom. The Bertz CT molecular complexity index is 496. The van der Waals surface area contributed by atoms with Gasteiger partial charge in [0.05, 0.1) is 17.7 Å². The second-order valence-corrected chi connectivity index (χ2v) is 7.15. The number of carboxylic acid groups (broad SMARTS) is 1. The molecule has 2 fully saturated rings. The SMILES string of the molecule is CCOC1CC(NC(=O)CN2CSCC2=O)(C(=O)O)C1(C)C. The number of carbonyl (C=O) groups excluding carboxylic acids is 2. The van der Waals surface area contributed by atoms with Gasteiger partial charge in [-0.1, -0.05) is 13.8 Å². The first-order valence-corrected chi connectivity index (χ1v) is 8.41. The number of nitrogens with zero attached hydrogens (tertiary/aromatic N) is 1. The smallest absolute Gasteiger partial charge is 0.330 e. The van der Waals surface area contributed by atoms with Crippen LogP contribution < -0.4 is 5.32 Å². The van der Waals surface area contributed by atoms with E-state index in [1.165, 1.54) is 16.7 Å². The lowest BCUT2D eigenvalue weighted by Gasteiger charge is -2.58. The third-order valence-electron chi connectivity index (χ3n) is 4.64. The van der Waals surface area contributed by atoms with Crippen molar-refractivity contribution < 1.29 is 24.2 Å². The van der Waals surface area contributed by atoms with Crippen molar-refractivity contribution in [1.82, 2.24) is 10.2 Å². The van der Waals surface area contributed by atoms with Crippen molar-refractivity contribution >= 4 is 29.5 Å². The van der Waals surface area contributed by atoms with Crippen LogP contribution in [0.5, 0.6) is 0 Å². The molecule has 0 aromatic carbocycles. The Labute approximate surface area is 133 Å². The highest BCUT2D eigenvalue weighted by Crippen LogP contribution is 2.51. The second kappa shape index (κ2) is 6.08. The van der Waals surface area contributed by atoms with Gasteiger partial charge in [-0.25, -0.2) is 4.79 Å². The van der Waals surface area contributed by atoms with Gasteiger partial charge in [-0.3, -0.25) is 9.59 Å². The lowest BCUT2D eigenvalue weighted by molar-refractivity contribution is -0.194. The average molecular weight is 330 g/mol. The molecule has 2 rings (SSSR count). The number of hydrogen-bond acceptors (Lipinski definition) is 5. The maximum Gasteiger partial charge on any atom is 0.330 e. The monoisotopic (exact) mass is 330 g/mol. The number of rotatable bonds is 6. The fraction of sp³-hybridized carbons (Fsp3) is 0.786. The lowest BCUT2D eigenvalue weighted by Crippen LogP contribution is -2.76. The van der Waals surface area contributed by atoms with E-state index < -0.39 is 22.8 Å². The van der Waals surface area contributed by atoms with E-state index in [4.69, 9.17) is 4.74 Å². The normalized spacial score (nSPS) is 30.0. The molecule has 2 unspecified atom stereocenters. The summed E-state index contributed by atoms with van der Waals surface area (Å²) in [6, 6.07) is 0. The maximum absolute atomic E-state index is 12.2. The van der Waals surface area contributed by atoms with Crippen molar-refractivity contribution in [1.29, 1.82) is 0 Å². The van der Waals surface area contributed by atoms with Crippen LogP contribution in [0.25, 0.3) is 0 Å². The maximum atomic E-state index is 12.2. The summed E-state index contributed by atoms with van der Waals surface area (Å²) >= 11 is 1.44. The third-order valence-corrected chi connectivity index (χ3v) is 5.59. The molecule has 2 aliphatic rings. The summed E-state index contributed by atoms with van der Waals surface area (Å²) in [5, 5.41) is 12.2. The zero-order valence-electron chi connectivity index (χ0n) is 13.0. The molecular formula is C14H22N2O5S. The molecule has 1 heterocycles. The third kappa shape index (κ3) is 2.69. The van der Waals surface area contributed by atoms with Gasteiger partial charge >= 0.3 is 5.97 Å². The molecule has 2 atom stereocenters. The molecule has 22 heavy (non-hydrogen) atoms. The molecule has 0 aromatic rings. The topological polar surface area (TPSA) is 95.9 Å². The molecule has 124 valence electrons. The highest BCUT2D eigenvalue weighted by Gasteiger charge is 2.66. The zero-order valence-corrected chi connectivity index (χ0v) is 13.9. The number of carboxylic acids is 1. The number of amides is 2. The van der Waals surface area contributed by atoms with Crippen molar-refractivity contribution in [3.05, 3.63) is 0 Å². The molecule has 1 saturated carbocycles. The minimum atomic E-state index is -1.35. The first kappa shape index (κ1) is 17.1. The molecule has 0 bridgehead atoms. The largest absolute Gasteiger partial charge is 0.479 e. The minimum Gasteiger partial charge on any atom is -0.479 e. The van der Waals surface area contributed by atoms with E-state index in [0.29, 0.717) is 18.2 Å². The van der Waals surface area contributed by atoms with E-state index in [2.05, 4.69) is 5.32 Å². The molecular weight excluding hydrogens is 308 g/mol. The lowest BCUT2D eigenvalue weighted by atomic mass is 9.54. The van der Waals surface area contributed by atoms with Crippen LogP contribution in [-0.4, -0.2) is 64.2 Å². The number of hydrogen-bond donors (Lipinski definition) is 2. The van der Waals surface area contributed by atoms with Crippen LogP contribution in [0, 0.1) is 5.41 Å². The van der Waals surface area contributed by atoms with Gasteiger partial charge in [0, 0.05) is 18.4 Å². The predicted octanol–water partition coefficient (Wildman–Crippen LogP) is 0.294. The fourth-order valence-corrected chi connectivity index (χ4v) is 3.93. The number of nitrogens with one attached hydrogen (secondary N) is 1. The van der Waals surface area contributed by atoms with E-state index in [1.807, 2.05) is 6.92 Å². The van der Waals surface area contributed by atoms with Gasteiger partial charge in [-0.2, -0.15) is 0 Å². The summed E-state index contributed by atoms with van der Waals surface area (Å²) < 4.78 is 5.55. The van der Waals surface area contributed by atoms with Crippen LogP contribution >= 0.6 is 11.8 Å². The van der Waals surface area contributed by atoms with Crippen LogP contribution in [0.3, 0.4) is 0 Å². The van der Waals surface area contributed by atoms with Crippen molar-refractivity contribution in [3.8, 4) is 0 Å². The van der Waals surface area contributed by atoms with Gasteiger partial charge in [0.2, 0.25) is 11.8 Å². The molecule has 0 aromatic heterocycles. The molecule has 8 heteroatoms. The van der Waals surface area contributed by atoms with Crippen LogP contribution in [0.4, 0.5) is 0 Å². The Hall–Kier alpha value is -1.28. The molecule has 7 nitrogen and oxygen atoms in total. The molecule has 1 aliphatic heterocycles. The van der Waals surface area contributed by atoms with Gasteiger partial charge in [-0.05, 0) is 6.92 Å². The van der Waals surface area contributed by atoms with Crippen LogP contribution in [0.2, 0.25) is 0 Å². The highest BCUT2D eigenvalue weighted by molar-refractivity contribution is 8.00. The Balaban J connectivity index is 2.05. The van der Waals surface area contributed by atoms with Crippen LogP contribution in [0.1, 0.15) is 27.2 Å². The Morgan fingerprint density at radius 2 is 2.18 bits per heavy atom. The van der Waals surface area contributed by atoms with Gasteiger partial charge in [-0.15, -0.1) is 11.8 Å². The summed E-state index contributed by atoms with van der Waals surface area (Å²) in [5.41, 5.74) is -2.06. The van der Waals surface area contributed by atoms with Crippen LogP contribution in [0.15, 0.2) is 0 Å². The molecule has 0 spiro atoms. The second-order valence-electron chi connectivity index (χ2n) is 6.20. The fourth-order valence-electron chi connectivity index (χ4n) is 3.03. The highest BCUT2D eigenvalue weighted by atomic mass is 32.2. The molecule has 2 N–H and O–H groups in total. The minimum absolute atomic E-state index is 0.0930. The van der Waals surface area contributed by atoms with Gasteiger partial charge in [0.25, 0.3) is 0 Å². The van der Waals surface area contributed by atoms with E-state index in [9.17, 15) is 19.5 Å². The Kier molecular flexibility index (Phi) is 4.72. The summed E-state index contributed by atoms with van der Waals surface area (Å²) in [4.78, 5) is 36.9. The summed E-state index contributed by atoms with van der Waals surface area (Å²) in [6.45, 7) is 5.81. The molecule has 2 amide bonds. The molecule has 1 aliphatic carbocycles. The van der Waals surface area contributed by atoms with Crippen molar-refractivity contribution in [3.63, 3.8) is 0 Å². The molecule has 0 radical (unpaired) electrons. The number of thioether (sulfide) groups is 1. The Morgan fingerprint density at radius 1 is 1.50 bits per heavy atom. The predicted molar refractivity (Wildman–Crippen MR) is 81.4 cm³/mol. The van der Waals surface area contributed by atoms with Gasteiger partial charge in [0.1, 0.15) is 12.1 Å². The van der Waals surface area contributed by atoms with Gasteiger partial charge in [0.15, 0.2) is 0 Å². The van der Waals surface area contributed by atoms with E-state index >= 15 is 0 Å². The van der Waals surface area contributed by atoms with E-state index in [0.717, 1.165) is 0 Å². The number of aliphatic carboxylic acids is 1. The van der Waals surface area contributed by atoms with Crippen molar-refractivity contribution in [2.45, 2.75) is 38.8 Å². The number of ether oxygens (including phenoxy) is 1. The quantitative estimate of drug-likeness (QED) is 0.727. The first-order valence-electron chi connectivity index (χ1n) is 7.26. The standard InChI is InChI=1S/C14H22N2O5S/c1-4-21-9-5-14(12(19)20,13(9,2)3)15-10(17)6-16-8-22-7-11(16)18/h9H,4-8H2,1-3H3,(H,15,17)(H,19,20). The number of carbonyl (C=O) groups is 3. The van der Waals surface area contributed by atoms with Crippen molar-refractivity contribution in [2.75, 3.05) is 24.8 Å². The average Bonchev–Trinajstić information content (AvgIpc) is 2.82. The molecule has 1 saturated heterocycles. The zero-order chi connectivity index (χ0) is 16.5. The summed E-state index contributed by atoms with van der Waals surface area (Å²) in [5.74, 6) is -0.762. The van der Waals surface area contributed by atoms with Crippen LogP contribution in [-0.2, 0) is 19.1 Å².